The van der Waals surface area contributed by atoms with Crippen LogP contribution >= 0.6 is 0 Å². The number of benzene rings is 12. The summed E-state index contributed by atoms with van der Waals surface area (Å²) in [7, 11) is 0. The number of rotatable bonds is 10. The van der Waals surface area contributed by atoms with Gasteiger partial charge in [-0.05, 0) is 159 Å². The van der Waals surface area contributed by atoms with Gasteiger partial charge in [0.2, 0.25) is 0 Å². The van der Waals surface area contributed by atoms with Crippen molar-refractivity contribution in [3.63, 3.8) is 0 Å². The highest BCUT2D eigenvalue weighted by Gasteiger charge is 2.27. The Bertz CT molecular complexity index is 4140. The lowest BCUT2D eigenvalue weighted by Gasteiger charge is -2.30. The summed E-state index contributed by atoms with van der Waals surface area (Å²) in [6.07, 6.45) is 0. The first kappa shape index (κ1) is 46.0. The van der Waals surface area contributed by atoms with E-state index in [9.17, 15) is 0 Å². The van der Waals surface area contributed by atoms with Gasteiger partial charge in [0, 0.05) is 21.9 Å². The number of anilines is 6. The van der Waals surface area contributed by atoms with E-state index in [4.69, 9.17) is 0 Å². The van der Waals surface area contributed by atoms with E-state index >= 15 is 26.3 Å². The second kappa shape index (κ2) is 18.5. The molecular formula is C66H42F6N2. The van der Waals surface area contributed by atoms with Crippen molar-refractivity contribution in [1.29, 1.82) is 0 Å². The maximum absolute atomic E-state index is 16.8. The largest absolute Gasteiger partial charge is 0.304 e. The Kier molecular flexibility index (Phi) is 11.5. The van der Waals surface area contributed by atoms with Crippen molar-refractivity contribution in [2.75, 3.05) is 9.80 Å². The monoisotopic (exact) mass is 976 g/mol. The molecule has 74 heavy (non-hydrogen) atoms. The molecule has 0 aliphatic carbocycles. The molecule has 0 aromatic heterocycles. The molecule has 0 fully saturated rings. The van der Waals surface area contributed by atoms with E-state index in [0.717, 1.165) is 32.7 Å². The molecule has 0 N–H and O–H groups in total. The Morgan fingerprint density at radius 1 is 0.257 bits per heavy atom. The summed E-state index contributed by atoms with van der Waals surface area (Å²) < 4.78 is 98.6. The van der Waals surface area contributed by atoms with Crippen LogP contribution in [0.15, 0.2) is 218 Å². The Morgan fingerprint density at radius 3 is 1.22 bits per heavy atom. The minimum atomic E-state index is -0.670. The number of aryl methyl sites for hydroxylation is 2. The fraction of sp³-hybridized carbons (Fsp3) is 0.0303. The van der Waals surface area contributed by atoms with Crippen molar-refractivity contribution in [2.45, 2.75) is 13.8 Å². The molecule has 0 amide bonds. The molecule has 12 aromatic carbocycles. The Morgan fingerprint density at radius 2 is 0.689 bits per heavy atom. The second-order valence-electron chi connectivity index (χ2n) is 18.6. The Hall–Kier alpha value is -9.14. The van der Waals surface area contributed by atoms with Gasteiger partial charge in [-0.25, -0.2) is 26.3 Å². The van der Waals surface area contributed by atoms with E-state index in [1.165, 1.54) is 47.4 Å². The fourth-order valence-corrected chi connectivity index (χ4v) is 10.3. The van der Waals surface area contributed by atoms with Gasteiger partial charge in [-0.2, -0.15) is 0 Å². The molecule has 0 saturated carbocycles. The van der Waals surface area contributed by atoms with Crippen LogP contribution in [0.2, 0.25) is 0 Å². The predicted octanol–water partition coefficient (Wildman–Crippen LogP) is 19.6. The van der Waals surface area contributed by atoms with Gasteiger partial charge < -0.3 is 9.80 Å². The molecule has 0 heterocycles. The third kappa shape index (κ3) is 8.05. The first-order chi connectivity index (χ1) is 36.0. The topological polar surface area (TPSA) is 6.48 Å². The van der Waals surface area contributed by atoms with Crippen molar-refractivity contribution in [3.05, 3.63) is 264 Å². The summed E-state index contributed by atoms with van der Waals surface area (Å²) in [4.78, 5) is 3.08. The number of hydrogen-bond acceptors (Lipinski definition) is 2. The number of nitrogens with zero attached hydrogens (tertiary/aromatic N) is 2. The zero-order chi connectivity index (χ0) is 50.8. The summed E-state index contributed by atoms with van der Waals surface area (Å²) in [5.41, 5.74) is 6.76. The molecule has 0 radical (unpaired) electrons. The second-order valence-corrected chi connectivity index (χ2v) is 18.6. The highest BCUT2D eigenvalue weighted by atomic mass is 19.1. The van der Waals surface area contributed by atoms with Crippen LogP contribution in [0.5, 0.6) is 0 Å². The van der Waals surface area contributed by atoms with Gasteiger partial charge in [0.1, 0.15) is 34.9 Å². The van der Waals surface area contributed by atoms with Crippen LogP contribution in [0.3, 0.4) is 0 Å². The lowest BCUT2D eigenvalue weighted by atomic mass is 9.91. The van der Waals surface area contributed by atoms with Gasteiger partial charge in [0.05, 0.1) is 34.1 Å². The van der Waals surface area contributed by atoms with Crippen LogP contribution < -0.4 is 9.80 Å². The molecule has 0 spiro atoms. The maximum atomic E-state index is 16.8. The fourth-order valence-electron chi connectivity index (χ4n) is 10.3. The smallest absolute Gasteiger partial charge is 0.147 e. The normalized spacial score (nSPS) is 11.5. The molecule has 0 atom stereocenters. The van der Waals surface area contributed by atoms with Crippen molar-refractivity contribution in [2.24, 2.45) is 0 Å². The SMILES string of the molecule is Cc1ccc(N(c2cc(-c3ccc(-c4ccccc4)c(F)c3)ccc2F)c2ccc3ccc4c(N(c5ccc(C)cc5F)c5cc(-c6cc(-c7ccccc7)ccc6F)ccc5F)ccc5ccc2c3c54)c(F)c1. The molecule has 0 aliphatic rings. The molecule has 12 rings (SSSR count). The summed E-state index contributed by atoms with van der Waals surface area (Å²) in [6, 6.07) is 61.8. The molecule has 0 saturated heterocycles. The summed E-state index contributed by atoms with van der Waals surface area (Å²) in [5, 5.41) is 4.35. The highest BCUT2D eigenvalue weighted by molar-refractivity contribution is 6.28. The van der Waals surface area contributed by atoms with E-state index in [0.29, 0.717) is 61.1 Å². The van der Waals surface area contributed by atoms with Gasteiger partial charge >= 0.3 is 0 Å². The average Bonchev–Trinajstić information content (AvgIpc) is 3.42. The summed E-state index contributed by atoms with van der Waals surface area (Å²) >= 11 is 0. The predicted molar refractivity (Wildman–Crippen MR) is 290 cm³/mol. The summed E-state index contributed by atoms with van der Waals surface area (Å²) in [5.74, 6) is -3.46. The van der Waals surface area contributed by atoms with E-state index in [1.54, 1.807) is 85.5 Å². The van der Waals surface area contributed by atoms with Gasteiger partial charge in [-0.3, -0.25) is 0 Å². The first-order valence-electron chi connectivity index (χ1n) is 24.1. The third-order valence-corrected chi connectivity index (χ3v) is 13.9. The first-order valence-corrected chi connectivity index (χ1v) is 24.1. The van der Waals surface area contributed by atoms with E-state index in [2.05, 4.69) is 0 Å². The lowest BCUT2D eigenvalue weighted by Crippen LogP contribution is -2.15. The minimum Gasteiger partial charge on any atom is -0.304 e. The number of hydrogen-bond donors (Lipinski definition) is 0. The van der Waals surface area contributed by atoms with E-state index < -0.39 is 34.9 Å². The molecule has 0 bridgehead atoms. The van der Waals surface area contributed by atoms with E-state index in [1.807, 2.05) is 109 Å². The Labute approximate surface area is 423 Å². The van der Waals surface area contributed by atoms with Gasteiger partial charge in [-0.1, -0.05) is 140 Å². The molecule has 358 valence electrons. The lowest BCUT2D eigenvalue weighted by molar-refractivity contribution is 0.618. The zero-order valence-corrected chi connectivity index (χ0v) is 39.9. The van der Waals surface area contributed by atoms with Crippen LogP contribution in [0.1, 0.15) is 11.1 Å². The third-order valence-electron chi connectivity index (χ3n) is 13.9. The van der Waals surface area contributed by atoms with Crippen LogP contribution in [0.25, 0.3) is 76.8 Å². The van der Waals surface area contributed by atoms with Crippen LogP contribution in [-0.4, -0.2) is 0 Å². The zero-order valence-electron chi connectivity index (χ0n) is 39.9. The summed E-state index contributed by atoms with van der Waals surface area (Å²) in [6.45, 7) is 3.54. The van der Waals surface area contributed by atoms with Crippen LogP contribution in [-0.2, 0) is 0 Å². The Balaban J connectivity index is 1.05. The van der Waals surface area contributed by atoms with Crippen LogP contribution in [0.4, 0.5) is 60.5 Å². The van der Waals surface area contributed by atoms with Crippen LogP contribution in [0, 0.1) is 48.8 Å². The highest BCUT2D eigenvalue weighted by Crippen LogP contribution is 2.50. The van der Waals surface area contributed by atoms with E-state index in [-0.39, 0.29) is 28.3 Å². The molecule has 8 heteroatoms. The standard InChI is InChI=1S/C66H42F6N2/c1-39-13-29-61(57(71)33-39)73(63-37-47(19-27-54(63)68)46-17-23-49(56(70)36-46)42-11-7-4-8-12-42)59-31-21-43-16-25-51-60(32-22-44-15-24-50(59)65(43)66(44)51)74(62-30-14-40(2)34-58(62)72)64-38-48(20-28-55(64)69)52-35-45(18-26-53(52)67)41-9-5-3-6-10-41/h3-38H,1-2H3. The van der Waals surface area contributed by atoms with Crippen molar-refractivity contribution in [3.8, 4) is 44.5 Å². The minimum absolute atomic E-state index is 0.0172. The molecular weight excluding hydrogens is 935 g/mol. The maximum Gasteiger partial charge on any atom is 0.147 e. The molecule has 0 unspecified atom stereocenters. The average molecular weight is 977 g/mol. The van der Waals surface area contributed by atoms with Gasteiger partial charge in [-0.15, -0.1) is 0 Å². The van der Waals surface area contributed by atoms with Crippen molar-refractivity contribution >= 4 is 66.4 Å². The number of halogens is 6. The van der Waals surface area contributed by atoms with Crippen molar-refractivity contribution in [1.82, 2.24) is 0 Å². The van der Waals surface area contributed by atoms with Crippen molar-refractivity contribution < 1.29 is 26.3 Å². The molecule has 0 aliphatic heterocycles. The molecule has 2 nitrogen and oxygen atoms in total. The quantitative estimate of drug-likeness (QED) is 0.0995. The molecule has 12 aromatic rings. The van der Waals surface area contributed by atoms with Gasteiger partial charge in [0.25, 0.3) is 0 Å². The van der Waals surface area contributed by atoms with Gasteiger partial charge in [0.15, 0.2) is 0 Å².